The minimum Gasteiger partial charge on any atom is -0.314 e. The Morgan fingerprint density at radius 2 is 1.19 bits per heavy atom. The molecule has 0 saturated heterocycles. The zero-order valence-electron chi connectivity index (χ0n) is 30.8. The Morgan fingerprint density at radius 3 is 1.85 bits per heavy atom. The van der Waals surface area contributed by atoms with E-state index in [1.165, 1.54) is 44.0 Å². The van der Waals surface area contributed by atoms with Gasteiger partial charge in [0.15, 0.2) is 0 Å². The van der Waals surface area contributed by atoms with Crippen LogP contribution in [0, 0.1) is 13.8 Å². The molecule has 8 aromatic rings. The third kappa shape index (κ3) is 6.99. The van der Waals surface area contributed by atoms with E-state index in [4.69, 9.17) is 0 Å². The number of hydrogen-bond acceptors (Lipinski definition) is 1. The maximum Gasteiger partial charge on any atom is 0.0536 e. The second-order valence-corrected chi connectivity index (χ2v) is 12.7. The highest BCUT2D eigenvalue weighted by molar-refractivity contribution is 5.98. The Hall–Kier alpha value is -6.32. The zero-order chi connectivity index (χ0) is 36.6. The first-order chi connectivity index (χ1) is 25.4. The summed E-state index contributed by atoms with van der Waals surface area (Å²) in [5.74, 6) is 0. The van der Waals surface area contributed by atoms with Gasteiger partial charge in [0.05, 0.1) is 16.7 Å². The molecule has 0 aliphatic rings. The molecule has 0 unspecified atom stereocenters. The summed E-state index contributed by atoms with van der Waals surface area (Å²) in [6.07, 6.45) is 4.53. The van der Waals surface area contributed by atoms with Gasteiger partial charge >= 0.3 is 0 Å². The van der Waals surface area contributed by atoms with Gasteiger partial charge < -0.3 is 14.0 Å². The maximum atomic E-state index is 4.40. The lowest BCUT2D eigenvalue weighted by Crippen LogP contribution is -2.15. The second kappa shape index (κ2) is 16.1. The Balaban J connectivity index is 0.000000194. The van der Waals surface area contributed by atoms with Crippen molar-refractivity contribution in [3.63, 3.8) is 0 Å². The summed E-state index contributed by atoms with van der Waals surface area (Å²) in [6.45, 7) is 20.2. The number of hydrogen-bond donors (Lipinski definition) is 0. The van der Waals surface area contributed by atoms with Gasteiger partial charge in [-0.3, -0.25) is 0 Å². The number of allylic oxidation sites excluding steroid dienone is 2. The van der Waals surface area contributed by atoms with Crippen molar-refractivity contribution in [2.45, 2.75) is 34.1 Å². The molecular weight excluding hydrogens is 631 g/mol. The SMILES string of the molecule is C=CC.C=Cc1cc2cc(N(C(=C)CC)c3cccc4ccccc34)ccc2n1-c1ccccc1.Cc1c(C)n(-c2ccccc2)c2ccccc12. The summed E-state index contributed by atoms with van der Waals surface area (Å²) < 4.78 is 4.58. The van der Waals surface area contributed by atoms with Crippen molar-refractivity contribution < 1.29 is 0 Å². The summed E-state index contributed by atoms with van der Waals surface area (Å²) in [6, 6.07) is 53.3. The largest absolute Gasteiger partial charge is 0.314 e. The van der Waals surface area contributed by atoms with Crippen LogP contribution in [-0.4, -0.2) is 9.13 Å². The summed E-state index contributed by atoms with van der Waals surface area (Å²) in [5, 5.41) is 4.96. The van der Waals surface area contributed by atoms with Crippen LogP contribution in [0.25, 0.3) is 50.0 Å². The Labute approximate surface area is 308 Å². The molecule has 0 bridgehead atoms. The van der Waals surface area contributed by atoms with Gasteiger partial charge in [-0.2, -0.15) is 0 Å². The molecule has 2 heterocycles. The van der Waals surface area contributed by atoms with Gasteiger partial charge in [0, 0.05) is 50.3 Å². The molecule has 258 valence electrons. The van der Waals surface area contributed by atoms with Crippen LogP contribution in [0.3, 0.4) is 0 Å². The average molecular weight is 678 g/mol. The van der Waals surface area contributed by atoms with Gasteiger partial charge in [0.25, 0.3) is 0 Å². The summed E-state index contributed by atoms with van der Waals surface area (Å²) in [5.41, 5.74) is 11.9. The fraction of sp³-hybridized carbons (Fsp3) is 0.102. The molecule has 8 rings (SSSR count). The molecule has 0 amide bonds. The lowest BCUT2D eigenvalue weighted by molar-refractivity contribution is 1.03. The lowest BCUT2D eigenvalue weighted by atomic mass is 10.1. The molecule has 0 radical (unpaired) electrons. The molecule has 6 aromatic carbocycles. The molecule has 0 saturated carbocycles. The van der Waals surface area contributed by atoms with Crippen LogP contribution in [0.2, 0.25) is 0 Å². The van der Waals surface area contributed by atoms with Crippen LogP contribution in [0.15, 0.2) is 183 Å². The maximum absolute atomic E-state index is 4.40. The van der Waals surface area contributed by atoms with E-state index >= 15 is 0 Å². The minimum atomic E-state index is 0.865. The van der Waals surface area contributed by atoms with E-state index in [-0.39, 0.29) is 0 Å². The first-order valence-corrected chi connectivity index (χ1v) is 17.9. The molecule has 3 heteroatoms. The zero-order valence-corrected chi connectivity index (χ0v) is 30.8. The quantitative estimate of drug-likeness (QED) is 0.153. The molecule has 0 aliphatic carbocycles. The number of fused-ring (bicyclic) bond motifs is 3. The van der Waals surface area contributed by atoms with E-state index in [0.717, 1.165) is 40.4 Å². The van der Waals surface area contributed by atoms with Gasteiger partial charge in [-0.1, -0.05) is 117 Å². The topological polar surface area (TPSA) is 13.1 Å². The van der Waals surface area contributed by atoms with E-state index in [1.54, 1.807) is 6.08 Å². The number of anilines is 2. The standard InChI is InChI=1S/C30H26N2.C16H15N.C3H6/c1-4-22(3)31(30-17-11-13-23-12-9-10-16-28(23)30)27-18-19-29-24(21-27)20-25(5-2)32(29)26-14-7-6-8-15-26;1-12-13(2)17(14-8-4-3-5-9-14)16-11-7-6-10-15(12)16;1-3-2/h5-21H,2-4H2,1H3;3-11H,1-2H3;3H,1H2,2H3. The fourth-order valence-corrected chi connectivity index (χ4v) is 6.87. The second-order valence-electron chi connectivity index (χ2n) is 12.7. The van der Waals surface area contributed by atoms with Crippen molar-refractivity contribution >= 4 is 50.0 Å². The van der Waals surface area contributed by atoms with Crippen molar-refractivity contribution in [1.82, 2.24) is 9.13 Å². The van der Waals surface area contributed by atoms with E-state index in [0.29, 0.717) is 0 Å². The number of rotatable bonds is 7. The first kappa shape index (κ1) is 35.5. The van der Waals surface area contributed by atoms with E-state index < -0.39 is 0 Å². The molecule has 0 aliphatic heterocycles. The number of aromatic nitrogens is 2. The van der Waals surface area contributed by atoms with Crippen molar-refractivity contribution in [3.8, 4) is 11.4 Å². The van der Waals surface area contributed by atoms with Crippen molar-refractivity contribution in [2.75, 3.05) is 4.90 Å². The molecule has 52 heavy (non-hydrogen) atoms. The van der Waals surface area contributed by atoms with Gasteiger partial charge in [0.1, 0.15) is 0 Å². The van der Waals surface area contributed by atoms with Gasteiger partial charge in [-0.05, 0) is 105 Å². The summed E-state index contributed by atoms with van der Waals surface area (Å²) >= 11 is 0. The monoisotopic (exact) mass is 677 g/mol. The molecule has 0 atom stereocenters. The van der Waals surface area contributed by atoms with Crippen molar-refractivity contribution in [3.05, 3.63) is 200 Å². The van der Waals surface area contributed by atoms with E-state index in [1.807, 2.05) is 19.1 Å². The Bertz CT molecular complexity index is 2470. The van der Waals surface area contributed by atoms with E-state index in [9.17, 15) is 0 Å². The van der Waals surface area contributed by atoms with Crippen LogP contribution in [0.1, 0.15) is 37.2 Å². The number of nitrogens with zero attached hydrogens (tertiary/aromatic N) is 3. The Morgan fingerprint density at radius 1 is 0.615 bits per heavy atom. The van der Waals surface area contributed by atoms with Crippen molar-refractivity contribution in [1.29, 1.82) is 0 Å². The summed E-state index contributed by atoms with van der Waals surface area (Å²) in [4.78, 5) is 2.29. The fourth-order valence-electron chi connectivity index (χ4n) is 6.87. The average Bonchev–Trinajstić information content (AvgIpc) is 3.69. The molecule has 2 aromatic heterocycles. The number of aryl methyl sites for hydroxylation is 1. The highest BCUT2D eigenvalue weighted by atomic mass is 15.1. The van der Waals surface area contributed by atoms with Crippen LogP contribution >= 0.6 is 0 Å². The molecule has 0 fully saturated rings. The third-order valence-electron chi connectivity index (χ3n) is 9.47. The van der Waals surface area contributed by atoms with Crippen LogP contribution < -0.4 is 4.90 Å². The highest BCUT2D eigenvalue weighted by Crippen LogP contribution is 2.38. The third-order valence-corrected chi connectivity index (χ3v) is 9.47. The van der Waals surface area contributed by atoms with Crippen molar-refractivity contribution in [2.24, 2.45) is 0 Å². The Kier molecular flexibility index (Phi) is 11.0. The molecular formula is C49H47N3. The van der Waals surface area contributed by atoms with Gasteiger partial charge in [0.2, 0.25) is 0 Å². The van der Waals surface area contributed by atoms with Crippen LogP contribution in [0.4, 0.5) is 11.4 Å². The van der Waals surface area contributed by atoms with Gasteiger partial charge in [-0.25, -0.2) is 0 Å². The highest BCUT2D eigenvalue weighted by Gasteiger charge is 2.17. The van der Waals surface area contributed by atoms with Crippen LogP contribution in [0.5, 0.6) is 0 Å². The predicted octanol–water partition coefficient (Wildman–Crippen LogP) is 13.9. The van der Waals surface area contributed by atoms with E-state index in [2.05, 4.69) is 200 Å². The predicted molar refractivity (Wildman–Crippen MR) is 228 cm³/mol. The molecule has 0 spiro atoms. The number of benzene rings is 6. The normalized spacial score (nSPS) is 10.6. The number of para-hydroxylation sites is 3. The molecule has 0 N–H and O–H groups in total. The van der Waals surface area contributed by atoms with Crippen LogP contribution in [-0.2, 0) is 0 Å². The lowest BCUT2D eigenvalue weighted by Gasteiger charge is -2.28. The smallest absolute Gasteiger partial charge is 0.0536 e. The first-order valence-electron chi connectivity index (χ1n) is 17.9. The summed E-state index contributed by atoms with van der Waals surface area (Å²) in [7, 11) is 0. The molecule has 3 nitrogen and oxygen atoms in total. The van der Waals surface area contributed by atoms with Gasteiger partial charge in [-0.15, -0.1) is 6.58 Å². The minimum absolute atomic E-state index is 0.865.